The van der Waals surface area contributed by atoms with Crippen molar-refractivity contribution in [3.05, 3.63) is 136 Å². The van der Waals surface area contributed by atoms with Crippen LogP contribution in [-0.4, -0.2) is 30.5 Å². The molecular weight excluding hydrogens is 574 g/mol. The zero-order valence-electron chi connectivity index (χ0n) is 21.6. The minimum absolute atomic E-state index is 0.0456. The van der Waals surface area contributed by atoms with Crippen LogP contribution in [0.3, 0.4) is 0 Å². The molecule has 0 radical (unpaired) electrons. The average Bonchev–Trinajstić information content (AvgIpc) is 2.99. The maximum atomic E-state index is 13.0. The predicted molar refractivity (Wildman–Crippen MR) is 154 cm³/mol. The van der Waals surface area contributed by atoms with Gasteiger partial charge in [0.15, 0.2) is 12.4 Å². The zero-order chi connectivity index (χ0) is 28.2. The highest BCUT2D eigenvalue weighted by atomic mass is 79.9. The van der Waals surface area contributed by atoms with E-state index in [2.05, 4.69) is 21.2 Å². The normalized spacial score (nSPS) is 11.2. The highest BCUT2D eigenvalue weighted by Crippen LogP contribution is 2.16. The van der Waals surface area contributed by atoms with Crippen LogP contribution in [0.5, 0.6) is 5.75 Å². The van der Waals surface area contributed by atoms with Gasteiger partial charge in [-0.15, -0.1) is 0 Å². The van der Waals surface area contributed by atoms with Crippen LogP contribution in [0.1, 0.15) is 27.0 Å². The van der Waals surface area contributed by atoms with Crippen LogP contribution in [0, 0.1) is 0 Å². The van der Waals surface area contributed by atoms with Crippen molar-refractivity contribution < 1.29 is 28.6 Å². The molecule has 4 rings (SSSR count). The molecule has 0 aliphatic rings. The largest absolute Gasteiger partial charge is 0.489 e. The number of esters is 1. The van der Waals surface area contributed by atoms with E-state index in [0.29, 0.717) is 17.9 Å². The molecular formula is C32H28BrNO6. The number of benzene rings is 4. The standard InChI is InChI=1S/C32H28BrNO6/c33-27-15-13-26(14-16-27)30(35)22-39-31(36)29(34-32(37)40-21-25-9-5-2-6-10-25)19-23-11-17-28(18-12-23)38-20-24-7-3-1-4-8-24/h1-18,29H,19-22H2,(H,34,37)/t29-/m0/s1. The van der Waals surface area contributed by atoms with Gasteiger partial charge >= 0.3 is 12.1 Å². The molecule has 0 saturated carbocycles. The van der Waals surface area contributed by atoms with Crippen LogP contribution in [0.25, 0.3) is 0 Å². The molecule has 4 aromatic rings. The quantitative estimate of drug-likeness (QED) is 0.151. The van der Waals surface area contributed by atoms with E-state index in [1.165, 1.54) is 0 Å². The molecule has 0 aliphatic carbocycles. The molecule has 7 nitrogen and oxygen atoms in total. The maximum absolute atomic E-state index is 13.0. The fraction of sp³-hybridized carbons (Fsp3) is 0.156. The molecule has 0 aliphatic heterocycles. The van der Waals surface area contributed by atoms with Gasteiger partial charge in [0.05, 0.1) is 0 Å². The topological polar surface area (TPSA) is 90.9 Å². The Kier molecular flexibility index (Phi) is 10.5. The lowest BCUT2D eigenvalue weighted by molar-refractivity contribution is -0.144. The van der Waals surface area contributed by atoms with Crippen LogP contribution in [0.15, 0.2) is 114 Å². The SMILES string of the molecule is O=C(N[C@@H](Cc1ccc(OCc2ccccc2)cc1)C(=O)OCC(=O)c1ccc(Br)cc1)OCc1ccccc1. The first-order valence-corrected chi connectivity index (χ1v) is 13.4. The number of amides is 1. The number of hydrogen-bond donors (Lipinski definition) is 1. The lowest BCUT2D eigenvalue weighted by atomic mass is 10.1. The van der Waals surface area contributed by atoms with Crippen LogP contribution < -0.4 is 10.1 Å². The number of ether oxygens (including phenoxy) is 3. The molecule has 8 heteroatoms. The third-order valence-corrected chi connectivity index (χ3v) is 6.44. The summed E-state index contributed by atoms with van der Waals surface area (Å²) in [6.07, 6.45) is -0.641. The Balaban J connectivity index is 1.38. The summed E-state index contributed by atoms with van der Waals surface area (Å²) in [5, 5.41) is 2.58. The number of carbonyl (C=O) groups excluding carboxylic acids is 3. The molecule has 0 spiro atoms. The van der Waals surface area contributed by atoms with Gasteiger partial charge in [-0.1, -0.05) is 101 Å². The van der Waals surface area contributed by atoms with Crippen molar-refractivity contribution in [2.45, 2.75) is 25.7 Å². The van der Waals surface area contributed by atoms with Crippen molar-refractivity contribution >= 4 is 33.8 Å². The summed E-state index contributed by atoms with van der Waals surface area (Å²) in [5.41, 5.74) is 3.03. The van der Waals surface area contributed by atoms with Gasteiger partial charge in [-0.2, -0.15) is 0 Å². The Morgan fingerprint density at radius 3 is 1.90 bits per heavy atom. The van der Waals surface area contributed by atoms with Crippen molar-refractivity contribution in [3.63, 3.8) is 0 Å². The first-order chi connectivity index (χ1) is 19.5. The van der Waals surface area contributed by atoms with Crippen molar-refractivity contribution in [2.24, 2.45) is 0 Å². The van der Waals surface area contributed by atoms with Crippen molar-refractivity contribution in [1.82, 2.24) is 5.32 Å². The van der Waals surface area contributed by atoms with Gasteiger partial charge < -0.3 is 19.5 Å². The maximum Gasteiger partial charge on any atom is 0.408 e. The van der Waals surface area contributed by atoms with Gasteiger partial charge in [0.1, 0.15) is 25.0 Å². The van der Waals surface area contributed by atoms with Crippen LogP contribution in [0.2, 0.25) is 0 Å². The second-order valence-corrected chi connectivity index (χ2v) is 9.83. The molecule has 1 atom stereocenters. The molecule has 1 N–H and O–H groups in total. The lowest BCUT2D eigenvalue weighted by Gasteiger charge is -2.18. The van der Waals surface area contributed by atoms with Crippen LogP contribution >= 0.6 is 15.9 Å². The predicted octanol–water partition coefficient (Wildman–Crippen LogP) is 6.29. The van der Waals surface area contributed by atoms with Gasteiger partial charge in [0.2, 0.25) is 0 Å². The molecule has 1 amide bonds. The van der Waals surface area contributed by atoms with Crippen LogP contribution in [0.4, 0.5) is 4.79 Å². The molecule has 0 unspecified atom stereocenters. The van der Waals surface area contributed by atoms with Crippen LogP contribution in [-0.2, 0) is 33.9 Å². The van der Waals surface area contributed by atoms with E-state index in [0.717, 1.165) is 21.2 Å². The van der Waals surface area contributed by atoms with Crippen molar-refractivity contribution in [2.75, 3.05) is 6.61 Å². The van der Waals surface area contributed by atoms with Gasteiger partial charge in [0, 0.05) is 16.5 Å². The first kappa shape index (κ1) is 28.6. The minimum Gasteiger partial charge on any atom is -0.489 e. The summed E-state index contributed by atoms with van der Waals surface area (Å²) < 4.78 is 17.3. The minimum atomic E-state index is -1.07. The van der Waals surface area contributed by atoms with Gasteiger partial charge in [-0.05, 0) is 41.0 Å². The molecule has 0 fully saturated rings. The fourth-order valence-electron chi connectivity index (χ4n) is 3.76. The van der Waals surface area contributed by atoms with E-state index in [1.807, 2.05) is 72.8 Å². The third-order valence-electron chi connectivity index (χ3n) is 5.91. The second kappa shape index (κ2) is 14.6. The zero-order valence-corrected chi connectivity index (χ0v) is 23.2. The Labute approximate surface area is 241 Å². The fourth-order valence-corrected chi connectivity index (χ4v) is 4.02. The number of Topliss-reactive ketones (excluding diaryl/α,β-unsaturated/α-hetero) is 1. The number of nitrogens with one attached hydrogen (secondary N) is 1. The summed E-state index contributed by atoms with van der Waals surface area (Å²) in [4.78, 5) is 38.1. The molecule has 0 heterocycles. The van der Waals surface area contributed by atoms with Gasteiger partial charge in [-0.25, -0.2) is 9.59 Å². The summed E-state index contributed by atoms with van der Waals surface area (Å²) in [6.45, 7) is 0.0181. The summed E-state index contributed by atoms with van der Waals surface area (Å²) in [5.74, 6) is -0.431. The number of alkyl carbamates (subject to hydrolysis) is 1. The summed E-state index contributed by atoms with van der Waals surface area (Å²) >= 11 is 3.32. The van der Waals surface area contributed by atoms with E-state index < -0.39 is 24.7 Å². The Morgan fingerprint density at radius 2 is 1.27 bits per heavy atom. The van der Waals surface area contributed by atoms with Crippen molar-refractivity contribution in [3.8, 4) is 5.75 Å². The first-order valence-electron chi connectivity index (χ1n) is 12.6. The Bertz CT molecular complexity index is 1390. The number of hydrogen-bond acceptors (Lipinski definition) is 6. The number of carbonyl (C=O) groups is 3. The molecule has 0 saturated heterocycles. The van der Waals surface area contributed by atoms with E-state index in [1.54, 1.807) is 36.4 Å². The lowest BCUT2D eigenvalue weighted by Crippen LogP contribution is -2.44. The molecule has 4 aromatic carbocycles. The molecule has 40 heavy (non-hydrogen) atoms. The highest BCUT2D eigenvalue weighted by molar-refractivity contribution is 9.10. The number of rotatable bonds is 12. The van der Waals surface area contributed by atoms with E-state index in [9.17, 15) is 14.4 Å². The highest BCUT2D eigenvalue weighted by Gasteiger charge is 2.25. The second-order valence-electron chi connectivity index (χ2n) is 8.92. The molecule has 0 bridgehead atoms. The summed E-state index contributed by atoms with van der Waals surface area (Å²) in [6, 6.07) is 31.9. The Morgan fingerprint density at radius 1 is 0.675 bits per heavy atom. The van der Waals surface area contributed by atoms with E-state index in [4.69, 9.17) is 14.2 Å². The monoisotopic (exact) mass is 601 g/mol. The Hall–Kier alpha value is -4.43. The smallest absolute Gasteiger partial charge is 0.408 e. The van der Waals surface area contributed by atoms with Gasteiger partial charge in [0.25, 0.3) is 0 Å². The van der Waals surface area contributed by atoms with Crippen molar-refractivity contribution in [1.29, 1.82) is 0 Å². The van der Waals surface area contributed by atoms with E-state index in [-0.39, 0.29) is 18.8 Å². The molecule has 0 aromatic heterocycles. The summed E-state index contributed by atoms with van der Waals surface area (Å²) in [7, 11) is 0. The third kappa shape index (κ3) is 9.10. The average molecular weight is 602 g/mol. The van der Waals surface area contributed by atoms with Gasteiger partial charge in [-0.3, -0.25) is 4.79 Å². The number of halogens is 1. The molecule has 204 valence electrons. The number of ketones is 1. The van der Waals surface area contributed by atoms with E-state index >= 15 is 0 Å².